The highest BCUT2D eigenvalue weighted by Gasteiger charge is 2.61. The van der Waals surface area contributed by atoms with E-state index >= 15 is 0 Å². The van der Waals surface area contributed by atoms with E-state index in [1.165, 1.54) is 0 Å². The molecule has 4 nitrogen and oxygen atoms in total. The van der Waals surface area contributed by atoms with Gasteiger partial charge in [-0.1, -0.05) is 31.9 Å². The molecule has 0 bridgehead atoms. The lowest BCUT2D eigenvalue weighted by atomic mass is 9.44. The molecule has 138 valence electrons. The number of Topliss-reactive ketones (excluding diaryl/α,β-unsaturated/α-hetero) is 1. The number of hydrogen-bond donors (Lipinski definition) is 3. The van der Waals surface area contributed by atoms with Gasteiger partial charge in [0.15, 0.2) is 5.78 Å². The van der Waals surface area contributed by atoms with E-state index in [0.717, 1.165) is 37.7 Å². The summed E-state index contributed by atoms with van der Waals surface area (Å²) in [5, 5.41) is 30.0. The zero-order valence-corrected chi connectivity index (χ0v) is 15.6. The largest absolute Gasteiger partial charge is 0.396 e. The predicted octanol–water partition coefficient (Wildman–Crippen LogP) is 2.85. The Balaban J connectivity index is 2.36. The van der Waals surface area contributed by atoms with Crippen LogP contribution in [0.25, 0.3) is 0 Å². The molecule has 4 heteroatoms. The molecule has 0 radical (unpaired) electrons. The molecule has 0 amide bonds. The molecular weight excluding hydrogens is 304 g/mol. The Morgan fingerprint density at radius 1 is 1.25 bits per heavy atom. The number of rotatable bonds is 5. The van der Waals surface area contributed by atoms with Crippen molar-refractivity contribution < 1.29 is 20.1 Å². The lowest BCUT2D eigenvalue weighted by molar-refractivity contribution is -0.187. The highest BCUT2D eigenvalue weighted by atomic mass is 16.3. The Bertz CT molecular complexity index is 510. The molecule has 0 heterocycles. The van der Waals surface area contributed by atoms with Gasteiger partial charge in [-0.3, -0.25) is 4.79 Å². The lowest BCUT2D eigenvalue weighted by Crippen LogP contribution is -2.62. The number of fused-ring (bicyclic) bond motifs is 1. The third kappa shape index (κ3) is 3.21. The quantitative estimate of drug-likeness (QED) is 0.674. The molecular formula is C20H34O4. The van der Waals surface area contributed by atoms with Gasteiger partial charge >= 0.3 is 0 Å². The molecule has 0 aliphatic heterocycles. The Labute approximate surface area is 146 Å². The first-order valence-electron chi connectivity index (χ1n) is 9.25. The average Bonchev–Trinajstić information content (AvgIpc) is 2.50. The predicted molar refractivity (Wildman–Crippen MR) is 94.5 cm³/mol. The maximum atomic E-state index is 12.7. The van der Waals surface area contributed by atoms with Gasteiger partial charge in [0.25, 0.3) is 0 Å². The molecule has 5 atom stereocenters. The van der Waals surface area contributed by atoms with Crippen molar-refractivity contribution in [1.29, 1.82) is 0 Å². The average molecular weight is 338 g/mol. The van der Waals surface area contributed by atoms with Gasteiger partial charge in [0.05, 0.1) is 6.61 Å². The summed E-state index contributed by atoms with van der Waals surface area (Å²) in [7, 11) is 0. The van der Waals surface area contributed by atoms with Gasteiger partial charge in [0.1, 0.15) is 5.60 Å². The van der Waals surface area contributed by atoms with Gasteiger partial charge in [-0.2, -0.15) is 0 Å². The zero-order chi connectivity index (χ0) is 18.2. The fourth-order valence-electron chi connectivity index (χ4n) is 5.57. The number of aliphatic hydroxyl groups is 3. The molecule has 2 saturated carbocycles. The Hall–Kier alpha value is -0.710. The third-order valence-electron chi connectivity index (χ3n) is 7.16. The van der Waals surface area contributed by atoms with E-state index in [2.05, 4.69) is 13.8 Å². The first kappa shape index (κ1) is 19.6. The van der Waals surface area contributed by atoms with E-state index in [1.807, 2.05) is 6.92 Å². The van der Waals surface area contributed by atoms with Crippen LogP contribution < -0.4 is 0 Å². The molecule has 0 spiro atoms. The molecule has 0 saturated heterocycles. The van der Waals surface area contributed by atoms with Crippen molar-refractivity contribution in [1.82, 2.24) is 0 Å². The van der Waals surface area contributed by atoms with Crippen molar-refractivity contribution >= 4 is 5.78 Å². The molecule has 2 fully saturated rings. The van der Waals surface area contributed by atoms with Crippen LogP contribution in [0, 0.1) is 22.7 Å². The summed E-state index contributed by atoms with van der Waals surface area (Å²) < 4.78 is 0. The topological polar surface area (TPSA) is 77.8 Å². The minimum atomic E-state index is -1.31. The minimum Gasteiger partial charge on any atom is -0.396 e. The third-order valence-corrected chi connectivity index (χ3v) is 7.16. The summed E-state index contributed by atoms with van der Waals surface area (Å²) in [4.78, 5) is 12.7. The number of ketones is 1. The van der Waals surface area contributed by atoms with Gasteiger partial charge in [-0.25, -0.2) is 0 Å². The first-order valence-corrected chi connectivity index (χ1v) is 9.25. The van der Waals surface area contributed by atoms with Crippen molar-refractivity contribution in [2.24, 2.45) is 22.7 Å². The van der Waals surface area contributed by atoms with Gasteiger partial charge < -0.3 is 15.3 Å². The standard InChI is InChI=1S/C20H34O4/c1-14(8-11-21)6-7-15-19(3)10-5-9-18(2,13-22)16(19)12-17(23)20(15,4)24/h8,15-16,21-22,24H,5-7,9-13H2,1-4H3/b14-8+/t15-,16+,18-,19-,20-/m1/s1. The summed E-state index contributed by atoms with van der Waals surface area (Å²) in [6.07, 6.45) is 6.61. The molecule has 2 aliphatic carbocycles. The maximum Gasteiger partial charge on any atom is 0.164 e. The highest BCUT2D eigenvalue weighted by Crippen LogP contribution is 2.62. The highest BCUT2D eigenvalue weighted by molar-refractivity contribution is 5.88. The minimum absolute atomic E-state index is 0.0221. The van der Waals surface area contributed by atoms with Crippen LogP contribution in [0.2, 0.25) is 0 Å². The fraction of sp³-hybridized carbons (Fsp3) is 0.850. The van der Waals surface area contributed by atoms with E-state index in [-0.39, 0.29) is 41.7 Å². The summed E-state index contributed by atoms with van der Waals surface area (Å²) in [5.41, 5.74) is -0.606. The van der Waals surface area contributed by atoms with Crippen molar-refractivity contribution in [2.45, 2.75) is 71.8 Å². The second kappa shape index (κ2) is 6.89. The van der Waals surface area contributed by atoms with Crippen LogP contribution in [0.5, 0.6) is 0 Å². The van der Waals surface area contributed by atoms with E-state index in [9.17, 15) is 15.0 Å². The van der Waals surface area contributed by atoms with Crippen molar-refractivity contribution in [3.8, 4) is 0 Å². The van der Waals surface area contributed by atoms with Crippen LogP contribution in [-0.4, -0.2) is 39.9 Å². The van der Waals surface area contributed by atoms with Gasteiger partial charge in [0, 0.05) is 18.9 Å². The van der Waals surface area contributed by atoms with Gasteiger partial charge in [-0.15, -0.1) is 0 Å². The van der Waals surface area contributed by atoms with E-state index in [4.69, 9.17) is 5.11 Å². The van der Waals surface area contributed by atoms with Crippen LogP contribution in [-0.2, 0) is 4.79 Å². The number of aliphatic hydroxyl groups excluding tert-OH is 2. The van der Waals surface area contributed by atoms with Gasteiger partial charge in [-0.05, 0) is 56.3 Å². The van der Waals surface area contributed by atoms with Crippen molar-refractivity contribution in [3.63, 3.8) is 0 Å². The number of carbonyl (C=O) groups is 1. The summed E-state index contributed by atoms with van der Waals surface area (Å²) in [5.74, 6) is -0.0894. The van der Waals surface area contributed by atoms with E-state index in [1.54, 1.807) is 13.0 Å². The lowest BCUT2D eigenvalue weighted by Gasteiger charge is -2.60. The normalized spacial score (nSPS) is 43.6. The number of allylic oxidation sites excluding steroid dienone is 1. The smallest absolute Gasteiger partial charge is 0.164 e. The number of carbonyl (C=O) groups excluding carboxylic acids is 1. The first-order chi connectivity index (χ1) is 11.1. The summed E-state index contributed by atoms with van der Waals surface area (Å²) >= 11 is 0. The zero-order valence-electron chi connectivity index (χ0n) is 15.6. The summed E-state index contributed by atoms with van der Waals surface area (Å²) in [6, 6.07) is 0. The fourth-order valence-corrected chi connectivity index (χ4v) is 5.57. The van der Waals surface area contributed by atoms with E-state index < -0.39 is 5.60 Å². The van der Waals surface area contributed by atoms with Crippen LogP contribution >= 0.6 is 0 Å². The molecule has 24 heavy (non-hydrogen) atoms. The Kier molecular flexibility index (Phi) is 5.63. The summed E-state index contributed by atoms with van der Waals surface area (Å²) in [6.45, 7) is 8.08. The van der Waals surface area contributed by atoms with Crippen LogP contribution in [0.3, 0.4) is 0 Å². The van der Waals surface area contributed by atoms with Crippen LogP contribution in [0.1, 0.15) is 66.2 Å². The molecule has 0 aromatic heterocycles. The molecule has 0 aromatic rings. The van der Waals surface area contributed by atoms with E-state index in [0.29, 0.717) is 6.42 Å². The monoisotopic (exact) mass is 338 g/mol. The Morgan fingerprint density at radius 2 is 1.92 bits per heavy atom. The maximum absolute atomic E-state index is 12.7. The van der Waals surface area contributed by atoms with Crippen LogP contribution in [0.4, 0.5) is 0 Å². The molecule has 2 rings (SSSR count). The van der Waals surface area contributed by atoms with Gasteiger partial charge in [0.2, 0.25) is 0 Å². The Morgan fingerprint density at radius 3 is 2.50 bits per heavy atom. The second-order valence-electron chi connectivity index (χ2n) is 8.82. The molecule has 0 unspecified atom stereocenters. The SMILES string of the molecule is C/C(=C\CO)CC[C@@H]1[C@@]2(C)CCC[C@](C)(CO)[C@@H]2CC(=O)[C@]1(C)O. The molecule has 2 aliphatic rings. The van der Waals surface area contributed by atoms with Crippen LogP contribution in [0.15, 0.2) is 11.6 Å². The molecule has 3 N–H and O–H groups in total. The number of hydrogen-bond acceptors (Lipinski definition) is 4. The van der Waals surface area contributed by atoms with Crippen molar-refractivity contribution in [3.05, 3.63) is 11.6 Å². The second-order valence-corrected chi connectivity index (χ2v) is 8.82. The molecule has 0 aromatic carbocycles. The van der Waals surface area contributed by atoms with Crippen molar-refractivity contribution in [2.75, 3.05) is 13.2 Å².